The van der Waals surface area contributed by atoms with Gasteiger partial charge in [-0.1, -0.05) is 18.2 Å². The van der Waals surface area contributed by atoms with Crippen LogP contribution in [0.25, 0.3) is 5.57 Å². The number of ether oxygens (including phenoxy) is 1. The van der Waals surface area contributed by atoms with Crippen molar-refractivity contribution in [2.75, 3.05) is 12.4 Å². The SMILES string of the molecule is COC(=O)C1=CC=CNc2ccccc21. The Bertz CT molecular complexity index is 447. The first-order valence-electron chi connectivity index (χ1n) is 4.64. The van der Waals surface area contributed by atoms with E-state index in [9.17, 15) is 4.79 Å². The van der Waals surface area contributed by atoms with Crippen molar-refractivity contribution in [3.05, 3.63) is 48.2 Å². The first kappa shape index (κ1) is 9.52. The van der Waals surface area contributed by atoms with Gasteiger partial charge in [0.15, 0.2) is 0 Å². The van der Waals surface area contributed by atoms with Crippen molar-refractivity contribution in [3.63, 3.8) is 0 Å². The third-order valence-electron chi connectivity index (χ3n) is 2.22. The van der Waals surface area contributed by atoms with Crippen LogP contribution in [0.5, 0.6) is 0 Å². The number of methoxy groups -OCH3 is 1. The van der Waals surface area contributed by atoms with Crippen molar-refractivity contribution in [1.82, 2.24) is 0 Å². The topological polar surface area (TPSA) is 38.3 Å². The van der Waals surface area contributed by atoms with E-state index in [1.807, 2.05) is 24.3 Å². The quantitative estimate of drug-likeness (QED) is 0.708. The Morgan fingerprint density at radius 1 is 1.33 bits per heavy atom. The van der Waals surface area contributed by atoms with E-state index in [1.165, 1.54) is 7.11 Å². The van der Waals surface area contributed by atoms with E-state index in [4.69, 9.17) is 4.74 Å². The molecule has 0 spiro atoms. The highest BCUT2D eigenvalue weighted by atomic mass is 16.5. The largest absolute Gasteiger partial charge is 0.465 e. The highest BCUT2D eigenvalue weighted by Crippen LogP contribution is 2.26. The van der Waals surface area contributed by atoms with Gasteiger partial charge in [0, 0.05) is 17.5 Å². The molecule has 0 saturated carbocycles. The van der Waals surface area contributed by atoms with Gasteiger partial charge in [0.25, 0.3) is 0 Å². The number of hydrogen-bond donors (Lipinski definition) is 1. The van der Waals surface area contributed by atoms with Crippen molar-refractivity contribution >= 4 is 17.2 Å². The van der Waals surface area contributed by atoms with Crippen LogP contribution >= 0.6 is 0 Å². The van der Waals surface area contributed by atoms with Crippen molar-refractivity contribution in [2.24, 2.45) is 0 Å². The predicted octanol–water partition coefficient (Wildman–Crippen LogP) is 2.18. The molecular formula is C12H11NO2. The number of carbonyl (C=O) groups excluding carboxylic acids is 1. The zero-order chi connectivity index (χ0) is 10.7. The van der Waals surface area contributed by atoms with Gasteiger partial charge in [0.2, 0.25) is 0 Å². The normalized spacial score (nSPS) is 13.3. The summed E-state index contributed by atoms with van der Waals surface area (Å²) in [5, 5.41) is 3.09. The maximum atomic E-state index is 11.5. The molecule has 2 rings (SSSR count). The second kappa shape index (κ2) is 4.00. The molecule has 76 valence electrons. The molecule has 0 amide bonds. The van der Waals surface area contributed by atoms with Crippen LogP contribution in [0, 0.1) is 0 Å². The summed E-state index contributed by atoms with van der Waals surface area (Å²) in [6, 6.07) is 7.61. The van der Waals surface area contributed by atoms with Crippen molar-refractivity contribution in [1.29, 1.82) is 0 Å². The number of para-hydroxylation sites is 1. The molecule has 0 radical (unpaired) electrons. The minimum atomic E-state index is -0.323. The molecule has 0 bridgehead atoms. The summed E-state index contributed by atoms with van der Waals surface area (Å²) in [4.78, 5) is 11.5. The van der Waals surface area contributed by atoms with Crippen molar-refractivity contribution in [2.45, 2.75) is 0 Å². The lowest BCUT2D eigenvalue weighted by Crippen LogP contribution is -2.04. The number of allylic oxidation sites excluding steroid dienone is 2. The Morgan fingerprint density at radius 3 is 2.93 bits per heavy atom. The molecule has 3 nitrogen and oxygen atoms in total. The Balaban J connectivity index is 2.52. The number of nitrogens with one attached hydrogen (secondary N) is 1. The summed E-state index contributed by atoms with van der Waals surface area (Å²) in [5.41, 5.74) is 2.33. The molecular weight excluding hydrogens is 190 g/mol. The molecule has 0 fully saturated rings. The van der Waals surface area contributed by atoms with Crippen LogP contribution in [-0.2, 0) is 9.53 Å². The summed E-state index contributed by atoms with van der Waals surface area (Å²) in [5.74, 6) is -0.323. The van der Waals surface area contributed by atoms with Crippen LogP contribution in [0.2, 0.25) is 0 Å². The summed E-state index contributed by atoms with van der Waals surface area (Å²) in [6.45, 7) is 0. The van der Waals surface area contributed by atoms with E-state index in [2.05, 4.69) is 5.32 Å². The van der Waals surface area contributed by atoms with E-state index in [-0.39, 0.29) is 5.97 Å². The van der Waals surface area contributed by atoms with Crippen molar-refractivity contribution in [3.8, 4) is 0 Å². The van der Waals surface area contributed by atoms with Crippen LogP contribution in [0.1, 0.15) is 5.56 Å². The number of benzene rings is 1. The molecule has 1 aliphatic heterocycles. The van der Waals surface area contributed by atoms with E-state index in [0.29, 0.717) is 5.57 Å². The van der Waals surface area contributed by atoms with Crippen LogP contribution < -0.4 is 5.32 Å². The summed E-state index contributed by atoms with van der Waals surface area (Å²) in [7, 11) is 1.38. The van der Waals surface area contributed by atoms with Crippen molar-refractivity contribution < 1.29 is 9.53 Å². The molecule has 1 aromatic carbocycles. The monoisotopic (exact) mass is 201 g/mol. The minimum absolute atomic E-state index is 0.323. The second-order valence-electron chi connectivity index (χ2n) is 3.12. The highest BCUT2D eigenvalue weighted by Gasteiger charge is 2.15. The first-order valence-corrected chi connectivity index (χ1v) is 4.64. The fraction of sp³-hybridized carbons (Fsp3) is 0.0833. The van der Waals surface area contributed by atoms with E-state index >= 15 is 0 Å². The lowest BCUT2D eigenvalue weighted by atomic mass is 10.0. The standard InChI is InChI=1S/C12H11NO2/c1-15-12(14)10-6-4-8-13-11-7-3-2-5-9(10)11/h2-8,13H,1H3. The molecule has 1 N–H and O–H groups in total. The number of anilines is 1. The Morgan fingerprint density at radius 2 is 2.13 bits per heavy atom. The smallest absolute Gasteiger partial charge is 0.338 e. The van der Waals surface area contributed by atoms with Gasteiger partial charge < -0.3 is 10.1 Å². The molecule has 0 aliphatic carbocycles. The molecule has 3 heteroatoms. The van der Waals surface area contributed by atoms with E-state index in [1.54, 1.807) is 18.4 Å². The van der Waals surface area contributed by atoms with Gasteiger partial charge >= 0.3 is 5.97 Å². The molecule has 15 heavy (non-hydrogen) atoms. The van der Waals surface area contributed by atoms with Crippen LogP contribution in [0.3, 0.4) is 0 Å². The van der Waals surface area contributed by atoms with Crippen LogP contribution in [0.15, 0.2) is 42.6 Å². The Kier molecular flexibility index (Phi) is 2.54. The molecule has 0 unspecified atom stereocenters. The predicted molar refractivity (Wildman–Crippen MR) is 59.2 cm³/mol. The summed E-state index contributed by atoms with van der Waals surface area (Å²) < 4.78 is 4.73. The average Bonchev–Trinajstić information content (AvgIpc) is 2.50. The summed E-state index contributed by atoms with van der Waals surface area (Å²) >= 11 is 0. The Hall–Kier alpha value is -2.03. The van der Waals surface area contributed by atoms with Gasteiger partial charge in [-0.05, 0) is 18.2 Å². The van der Waals surface area contributed by atoms with Gasteiger partial charge in [-0.15, -0.1) is 0 Å². The van der Waals surface area contributed by atoms with Gasteiger partial charge in [-0.25, -0.2) is 4.79 Å². The number of carbonyl (C=O) groups is 1. The lowest BCUT2D eigenvalue weighted by molar-refractivity contribution is -0.133. The fourth-order valence-corrected chi connectivity index (χ4v) is 1.50. The number of hydrogen-bond acceptors (Lipinski definition) is 3. The van der Waals surface area contributed by atoms with Gasteiger partial charge in [0.05, 0.1) is 12.7 Å². The second-order valence-corrected chi connectivity index (χ2v) is 3.12. The van der Waals surface area contributed by atoms with Crippen LogP contribution in [-0.4, -0.2) is 13.1 Å². The van der Waals surface area contributed by atoms with Crippen LogP contribution in [0.4, 0.5) is 5.69 Å². The highest BCUT2D eigenvalue weighted by molar-refractivity contribution is 6.18. The van der Waals surface area contributed by atoms with Gasteiger partial charge in [-0.2, -0.15) is 0 Å². The maximum Gasteiger partial charge on any atom is 0.338 e. The van der Waals surface area contributed by atoms with E-state index < -0.39 is 0 Å². The zero-order valence-electron chi connectivity index (χ0n) is 8.36. The third-order valence-corrected chi connectivity index (χ3v) is 2.22. The lowest BCUT2D eigenvalue weighted by Gasteiger charge is -2.08. The number of fused-ring (bicyclic) bond motifs is 1. The molecule has 1 heterocycles. The first-order chi connectivity index (χ1) is 7.33. The fourth-order valence-electron chi connectivity index (χ4n) is 1.50. The average molecular weight is 201 g/mol. The maximum absolute atomic E-state index is 11.5. The van der Waals surface area contributed by atoms with E-state index in [0.717, 1.165) is 11.3 Å². The number of rotatable bonds is 1. The molecule has 1 aliphatic rings. The molecule has 0 atom stereocenters. The molecule has 0 saturated heterocycles. The Labute approximate surface area is 88.1 Å². The van der Waals surface area contributed by atoms with Gasteiger partial charge in [0.1, 0.15) is 0 Å². The molecule has 1 aromatic rings. The number of esters is 1. The molecule has 0 aromatic heterocycles. The minimum Gasteiger partial charge on any atom is -0.465 e. The third kappa shape index (κ3) is 1.76. The zero-order valence-corrected chi connectivity index (χ0v) is 8.36. The summed E-state index contributed by atoms with van der Waals surface area (Å²) in [6.07, 6.45) is 5.31. The van der Waals surface area contributed by atoms with Gasteiger partial charge in [-0.3, -0.25) is 0 Å².